The van der Waals surface area contributed by atoms with Gasteiger partial charge < -0.3 is 14.4 Å². The summed E-state index contributed by atoms with van der Waals surface area (Å²) >= 11 is 6.03. The van der Waals surface area contributed by atoms with Crippen molar-refractivity contribution in [1.29, 1.82) is 0 Å². The number of ketones is 1. The number of fused-ring (bicyclic) bond motifs is 1. The van der Waals surface area contributed by atoms with Gasteiger partial charge >= 0.3 is 0 Å². The van der Waals surface area contributed by atoms with Crippen LogP contribution in [-0.4, -0.2) is 19.9 Å². The van der Waals surface area contributed by atoms with Crippen LogP contribution in [0, 0.1) is 5.82 Å². The summed E-state index contributed by atoms with van der Waals surface area (Å²) in [4.78, 5) is 14.7. The summed E-state index contributed by atoms with van der Waals surface area (Å²) in [5, 5.41) is 0.299. The van der Waals surface area contributed by atoms with Gasteiger partial charge in [0.25, 0.3) is 0 Å². The van der Waals surface area contributed by atoms with E-state index in [-0.39, 0.29) is 18.1 Å². The van der Waals surface area contributed by atoms with E-state index in [0.29, 0.717) is 27.6 Å². The van der Waals surface area contributed by atoms with Crippen molar-refractivity contribution in [3.63, 3.8) is 0 Å². The lowest BCUT2D eigenvalue weighted by Crippen LogP contribution is -2.08. The molecule has 0 atom stereocenters. The van der Waals surface area contributed by atoms with Gasteiger partial charge in [-0.2, -0.15) is 0 Å². The van der Waals surface area contributed by atoms with Gasteiger partial charge in [0.15, 0.2) is 5.76 Å². The number of hydrogen-bond donors (Lipinski definition) is 0. The van der Waals surface area contributed by atoms with Gasteiger partial charge in [-0.25, -0.2) is 4.39 Å². The Kier molecular flexibility index (Phi) is 5.46. The van der Waals surface area contributed by atoms with Crippen molar-refractivity contribution in [3.05, 3.63) is 94.0 Å². The molecule has 1 aliphatic rings. The van der Waals surface area contributed by atoms with E-state index in [0.717, 1.165) is 11.3 Å². The minimum Gasteiger partial charge on any atom is -0.489 e. The van der Waals surface area contributed by atoms with Gasteiger partial charge in [0.1, 0.15) is 23.9 Å². The Morgan fingerprint density at radius 3 is 2.53 bits per heavy atom. The van der Waals surface area contributed by atoms with Gasteiger partial charge in [-0.15, -0.1) is 0 Å². The number of Topliss-reactive ketones (excluding diaryl/α,β-unsaturated/α-hetero) is 1. The number of carbonyl (C=O) groups is 1. The van der Waals surface area contributed by atoms with E-state index in [9.17, 15) is 9.18 Å². The molecule has 6 heteroatoms. The summed E-state index contributed by atoms with van der Waals surface area (Å²) in [5.74, 6) is 0.664. The maximum absolute atomic E-state index is 13.2. The van der Waals surface area contributed by atoms with Crippen LogP contribution in [0.1, 0.15) is 21.5 Å². The van der Waals surface area contributed by atoms with Crippen molar-refractivity contribution < 1.29 is 18.7 Å². The number of benzene rings is 3. The van der Waals surface area contributed by atoms with E-state index >= 15 is 0 Å². The van der Waals surface area contributed by atoms with Crippen LogP contribution in [0.3, 0.4) is 0 Å². The highest BCUT2D eigenvalue weighted by molar-refractivity contribution is 6.31. The largest absolute Gasteiger partial charge is 0.489 e. The first-order valence-electron chi connectivity index (χ1n) is 9.33. The average molecular weight is 424 g/mol. The molecule has 0 radical (unpaired) electrons. The second kappa shape index (κ2) is 8.20. The third kappa shape index (κ3) is 4.16. The van der Waals surface area contributed by atoms with Gasteiger partial charge in [-0.3, -0.25) is 4.79 Å². The van der Waals surface area contributed by atoms with Gasteiger partial charge in [0, 0.05) is 31.4 Å². The number of halogens is 2. The molecule has 0 aliphatic carbocycles. The predicted molar refractivity (Wildman–Crippen MR) is 116 cm³/mol. The SMILES string of the molecule is CN(C)c1ccc(/C=C2\Oc3cc(OCc4ccc(F)cc4Cl)ccc3C2=O)cc1. The molecule has 0 spiro atoms. The highest BCUT2D eigenvalue weighted by Crippen LogP contribution is 2.35. The van der Waals surface area contributed by atoms with Gasteiger partial charge in [-0.1, -0.05) is 29.8 Å². The first kappa shape index (κ1) is 20.0. The Bertz CT molecular complexity index is 1140. The molecule has 4 rings (SSSR count). The van der Waals surface area contributed by atoms with E-state index in [1.54, 1.807) is 30.3 Å². The van der Waals surface area contributed by atoms with Gasteiger partial charge in [-0.05, 0) is 48.0 Å². The van der Waals surface area contributed by atoms with Crippen molar-refractivity contribution in [3.8, 4) is 11.5 Å². The van der Waals surface area contributed by atoms with Crippen LogP contribution in [0.4, 0.5) is 10.1 Å². The summed E-state index contributed by atoms with van der Waals surface area (Å²) in [7, 11) is 3.94. The number of rotatable bonds is 5. The van der Waals surface area contributed by atoms with Crippen LogP contribution in [-0.2, 0) is 6.61 Å². The lowest BCUT2D eigenvalue weighted by Gasteiger charge is -2.11. The highest BCUT2D eigenvalue weighted by atomic mass is 35.5. The third-order valence-corrected chi connectivity index (χ3v) is 5.11. The predicted octanol–water partition coefficient (Wildman–Crippen LogP) is 5.74. The Balaban J connectivity index is 1.49. The maximum atomic E-state index is 13.2. The zero-order valence-corrected chi connectivity index (χ0v) is 17.2. The maximum Gasteiger partial charge on any atom is 0.231 e. The van der Waals surface area contributed by atoms with Crippen molar-refractivity contribution in [2.75, 3.05) is 19.0 Å². The van der Waals surface area contributed by atoms with Crippen molar-refractivity contribution in [2.45, 2.75) is 6.61 Å². The molecular weight excluding hydrogens is 405 g/mol. The summed E-state index contributed by atoms with van der Waals surface area (Å²) < 4.78 is 24.7. The number of allylic oxidation sites excluding steroid dienone is 1. The molecule has 152 valence electrons. The molecule has 0 unspecified atom stereocenters. The Morgan fingerprint density at radius 1 is 1.07 bits per heavy atom. The summed E-state index contributed by atoms with van der Waals surface area (Å²) in [5.41, 5.74) is 3.09. The molecule has 0 bridgehead atoms. The minimum absolute atomic E-state index is 0.171. The molecule has 0 aromatic heterocycles. The molecular formula is C24H19ClFNO3. The first-order valence-corrected chi connectivity index (χ1v) is 9.71. The summed E-state index contributed by atoms with van der Waals surface area (Å²) in [6.07, 6.45) is 1.72. The number of anilines is 1. The first-order chi connectivity index (χ1) is 14.4. The molecule has 0 saturated heterocycles. The smallest absolute Gasteiger partial charge is 0.231 e. The fourth-order valence-corrected chi connectivity index (χ4v) is 3.30. The molecule has 30 heavy (non-hydrogen) atoms. The minimum atomic E-state index is -0.399. The van der Waals surface area contributed by atoms with E-state index in [1.165, 1.54) is 12.1 Å². The molecule has 3 aromatic carbocycles. The van der Waals surface area contributed by atoms with Gasteiger partial charge in [0.05, 0.1) is 10.6 Å². The fraction of sp³-hybridized carbons (Fsp3) is 0.125. The quantitative estimate of drug-likeness (QED) is 0.490. The van der Waals surface area contributed by atoms with Crippen molar-refractivity contribution >= 4 is 29.1 Å². The lowest BCUT2D eigenvalue weighted by molar-refractivity contribution is 0.101. The zero-order chi connectivity index (χ0) is 21.3. The summed E-state index contributed by atoms with van der Waals surface area (Å²) in [6.45, 7) is 0.173. The monoisotopic (exact) mass is 423 g/mol. The second-order valence-corrected chi connectivity index (χ2v) is 7.52. The number of ether oxygens (including phenoxy) is 2. The zero-order valence-electron chi connectivity index (χ0n) is 16.5. The number of carbonyl (C=O) groups excluding carboxylic acids is 1. The molecule has 0 fully saturated rings. The highest BCUT2D eigenvalue weighted by Gasteiger charge is 2.27. The molecule has 0 amide bonds. The van der Waals surface area contributed by atoms with E-state index in [1.807, 2.05) is 43.3 Å². The van der Waals surface area contributed by atoms with Crippen LogP contribution in [0.25, 0.3) is 6.08 Å². The van der Waals surface area contributed by atoms with E-state index in [4.69, 9.17) is 21.1 Å². The Hall–Kier alpha value is -3.31. The van der Waals surface area contributed by atoms with E-state index < -0.39 is 5.82 Å². The van der Waals surface area contributed by atoms with Crippen molar-refractivity contribution in [2.24, 2.45) is 0 Å². The Morgan fingerprint density at radius 2 is 1.83 bits per heavy atom. The molecule has 0 N–H and O–H groups in total. The van der Waals surface area contributed by atoms with Crippen molar-refractivity contribution in [1.82, 2.24) is 0 Å². The molecule has 4 nitrogen and oxygen atoms in total. The van der Waals surface area contributed by atoms with Crippen LogP contribution < -0.4 is 14.4 Å². The topological polar surface area (TPSA) is 38.8 Å². The third-order valence-electron chi connectivity index (χ3n) is 4.76. The van der Waals surface area contributed by atoms with Crippen LogP contribution in [0.5, 0.6) is 11.5 Å². The van der Waals surface area contributed by atoms with E-state index in [2.05, 4.69) is 0 Å². The number of hydrogen-bond acceptors (Lipinski definition) is 4. The van der Waals surface area contributed by atoms with Crippen LogP contribution in [0.15, 0.2) is 66.4 Å². The fourth-order valence-electron chi connectivity index (χ4n) is 3.08. The van der Waals surface area contributed by atoms with Crippen LogP contribution >= 0.6 is 11.6 Å². The Labute approximate surface area is 179 Å². The van der Waals surface area contributed by atoms with Gasteiger partial charge in [0.2, 0.25) is 5.78 Å². The molecule has 1 aliphatic heterocycles. The molecule has 3 aromatic rings. The summed E-state index contributed by atoms with van der Waals surface area (Å²) in [6, 6.07) is 17.0. The second-order valence-electron chi connectivity index (χ2n) is 7.11. The number of nitrogens with zero attached hydrogens (tertiary/aromatic N) is 1. The molecule has 1 heterocycles. The average Bonchev–Trinajstić information content (AvgIpc) is 3.02. The standard InChI is InChI=1S/C24H19ClFNO3/c1-27(2)18-7-3-15(4-8-18)11-23-24(28)20-10-9-19(13-22(20)30-23)29-14-16-5-6-17(26)12-21(16)25/h3-13H,14H2,1-2H3/b23-11-. The lowest BCUT2D eigenvalue weighted by atomic mass is 10.1. The normalized spacial score (nSPS) is 13.9. The molecule has 0 saturated carbocycles. The van der Waals surface area contributed by atoms with Crippen LogP contribution in [0.2, 0.25) is 5.02 Å².